The van der Waals surface area contributed by atoms with Crippen LogP contribution in [-0.2, 0) is 0 Å². The molecule has 2 nitrogen and oxygen atoms in total. The van der Waals surface area contributed by atoms with Crippen LogP contribution in [0.5, 0.6) is 0 Å². The maximum atomic E-state index is 6.08. The summed E-state index contributed by atoms with van der Waals surface area (Å²) in [6, 6.07) is 7.12. The predicted molar refractivity (Wildman–Crippen MR) is 83.4 cm³/mol. The fraction of sp³-hybridized carbons (Fsp3) is 0.600. The summed E-state index contributed by atoms with van der Waals surface area (Å²) >= 11 is 9.68. The highest BCUT2D eigenvalue weighted by atomic mass is 79.9. The number of halogens is 2. The third-order valence-electron chi connectivity index (χ3n) is 4.13. The Labute approximate surface area is 128 Å². The molecule has 0 spiro atoms. The van der Waals surface area contributed by atoms with E-state index in [2.05, 4.69) is 26.9 Å². The van der Waals surface area contributed by atoms with Gasteiger partial charge in [0.05, 0.1) is 0 Å². The maximum Gasteiger partial charge on any atom is 0.0484 e. The van der Waals surface area contributed by atoms with Gasteiger partial charge in [-0.1, -0.05) is 33.6 Å². The van der Waals surface area contributed by atoms with Gasteiger partial charge in [-0.25, -0.2) is 0 Å². The van der Waals surface area contributed by atoms with Gasteiger partial charge in [-0.05, 0) is 49.3 Å². The SMILES string of the molecule is NCC(c1ccc(Cl)cc1Br)N(CC1CC1)C1CC1. The molecule has 0 aromatic heterocycles. The first kappa shape index (κ1) is 13.9. The van der Waals surface area contributed by atoms with Crippen LogP contribution in [0.25, 0.3) is 0 Å². The van der Waals surface area contributed by atoms with E-state index >= 15 is 0 Å². The molecule has 2 aliphatic rings. The quantitative estimate of drug-likeness (QED) is 0.846. The number of hydrogen-bond donors (Lipinski definition) is 1. The smallest absolute Gasteiger partial charge is 0.0484 e. The Morgan fingerprint density at radius 3 is 2.58 bits per heavy atom. The molecule has 0 amide bonds. The van der Waals surface area contributed by atoms with Crippen molar-refractivity contribution in [1.29, 1.82) is 0 Å². The average molecular weight is 344 g/mol. The molecule has 2 saturated carbocycles. The molecular formula is C15H20BrClN2. The molecule has 1 aromatic rings. The second kappa shape index (κ2) is 5.72. The summed E-state index contributed by atoms with van der Waals surface area (Å²) in [6.07, 6.45) is 5.44. The Hall–Kier alpha value is -0.0900. The van der Waals surface area contributed by atoms with E-state index in [1.54, 1.807) is 0 Å². The second-order valence-corrected chi connectivity index (χ2v) is 7.08. The van der Waals surface area contributed by atoms with Gasteiger partial charge in [-0.2, -0.15) is 0 Å². The minimum Gasteiger partial charge on any atom is -0.329 e. The third-order valence-corrected chi connectivity index (χ3v) is 5.05. The van der Waals surface area contributed by atoms with E-state index in [4.69, 9.17) is 17.3 Å². The Balaban J connectivity index is 1.83. The van der Waals surface area contributed by atoms with E-state index < -0.39 is 0 Å². The summed E-state index contributed by atoms with van der Waals surface area (Å²) in [5.41, 5.74) is 7.36. The van der Waals surface area contributed by atoms with Crippen molar-refractivity contribution < 1.29 is 0 Å². The molecule has 19 heavy (non-hydrogen) atoms. The molecule has 0 radical (unpaired) electrons. The van der Waals surface area contributed by atoms with Crippen molar-refractivity contribution >= 4 is 27.5 Å². The molecule has 0 saturated heterocycles. The first-order chi connectivity index (χ1) is 9.19. The molecule has 1 unspecified atom stereocenters. The van der Waals surface area contributed by atoms with E-state index in [1.165, 1.54) is 37.8 Å². The Morgan fingerprint density at radius 2 is 2.05 bits per heavy atom. The maximum absolute atomic E-state index is 6.08. The molecule has 2 fully saturated rings. The van der Waals surface area contributed by atoms with Crippen LogP contribution in [0.4, 0.5) is 0 Å². The molecular weight excluding hydrogens is 324 g/mol. The van der Waals surface area contributed by atoms with Crippen LogP contribution in [-0.4, -0.2) is 24.0 Å². The number of nitrogens with zero attached hydrogens (tertiary/aromatic N) is 1. The predicted octanol–water partition coefficient (Wildman–Crippen LogP) is 3.98. The normalized spacial score (nSPS) is 20.8. The summed E-state index contributed by atoms with van der Waals surface area (Å²) in [6.45, 7) is 1.88. The summed E-state index contributed by atoms with van der Waals surface area (Å²) in [4.78, 5) is 2.63. The van der Waals surface area contributed by atoms with Gasteiger partial charge in [0.1, 0.15) is 0 Å². The summed E-state index contributed by atoms with van der Waals surface area (Å²) in [7, 11) is 0. The molecule has 0 bridgehead atoms. The Morgan fingerprint density at radius 1 is 1.32 bits per heavy atom. The van der Waals surface area contributed by atoms with Crippen LogP contribution in [0.1, 0.15) is 37.3 Å². The van der Waals surface area contributed by atoms with Gasteiger partial charge < -0.3 is 5.73 Å². The fourth-order valence-corrected chi connectivity index (χ4v) is 3.70. The second-order valence-electron chi connectivity index (χ2n) is 5.79. The van der Waals surface area contributed by atoms with Crippen LogP contribution in [0.3, 0.4) is 0 Å². The first-order valence-electron chi connectivity index (χ1n) is 7.10. The van der Waals surface area contributed by atoms with Crippen molar-refractivity contribution in [2.75, 3.05) is 13.1 Å². The van der Waals surface area contributed by atoms with Gasteiger partial charge >= 0.3 is 0 Å². The van der Waals surface area contributed by atoms with Gasteiger partial charge in [0.15, 0.2) is 0 Å². The highest BCUT2D eigenvalue weighted by molar-refractivity contribution is 9.10. The van der Waals surface area contributed by atoms with Crippen LogP contribution in [0, 0.1) is 5.92 Å². The Bertz CT molecular complexity index is 457. The zero-order valence-electron chi connectivity index (χ0n) is 11.0. The molecule has 104 valence electrons. The van der Waals surface area contributed by atoms with Gasteiger partial charge in [-0.3, -0.25) is 4.90 Å². The molecule has 1 atom stereocenters. The van der Waals surface area contributed by atoms with E-state index in [9.17, 15) is 0 Å². The van der Waals surface area contributed by atoms with Crippen molar-refractivity contribution in [2.24, 2.45) is 11.7 Å². The zero-order valence-corrected chi connectivity index (χ0v) is 13.3. The molecule has 2 aliphatic carbocycles. The number of benzene rings is 1. The lowest BCUT2D eigenvalue weighted by atomic mass is 10.0. The monoisotopic (exact) mass is 342 g/mol. The summed E-state index contributed by atoms with van der Waals surface area (Å²) in [5, 5.41) is 0.770. The van der Waals surface area contributed by atoms with Gasteiger partial charge in [-0.15, -0.1) is 0 Å². The zero-order chi connectivity index (χ0) is 13.4. The minimum absolute atomic E-state index is 0.319. The van der Waals surface area contributed by atoms with Crippen LogP contribution >= 0.6 is 27.5 Å². The number of hydrogen-bond acceptors (Lipinski definition) is 2. The largest absolute Gasteiger partial charge is 0.329 e. The fourth-order valence-electron chi connectivity index (χ4n) is 2.75. The highest BCUT2D eigenvalue weighted by Crippen LogP contribution is 2.40. The molecule has 0 aliphatic heterocycles. The van der Waals surface area contributed by atoms with E-state index in [0.717, 1.165) is 21.5 Å². The van der Waals surface area contributed by atoms with E-state index in [1.807, 2.05) is 12.1 Å². The highest BCUT2D eigenvalue weighted by Gasteiger charge is 2.38. The molecule has 2 N–H and O–H groups in total. The lowest BCUT2D eigenvalue weighted by molar-refractivity contribution is 0.182. The first-order valence-corrected chi connectivity index (χ1v) is 8.27. The minimum atomic E-state index is 0.319. The van der Waals surface area contributed by atoms with Crippen LogP contribution < -0.4 is 5.73 Å². The van der Waals surface area contributed by atoms with E-state index in [-0.39, 0.29) is 0 Å². The van der Waals surface area contributed by atoms with Crippen molar-refractivity contribution in [1.82, 2.24) is 4.90 Å². The van der Waals surface area contributed by atoms with Crippen molar-refractivity contribution in [2.45, 2.75) is 37.8 Å². The van der Waals surface area contributed by atoms with Crippen molar-refractivity contribution in [3.05, 3.63) is 33.3 Å². The van der Waals surface area contributed by atoms with Crippen LogP contribution in [0.15, 0.2) is 22.7 Å². The summed E-state index contributed by atoms with van der Waals surface area (Å²) < 4.78 is 1.08. The molecule has 3 rings (SSSR count). The van der Waals surface area contributed by atoms with Crippen molar-refractivity contribution in [3.8, 4) is 0 Å². The lowest BCUT2D eigenvalue weighted by Gasteiger charge is -2.32. The van der Waals surface area contributed by atoms with Crippen molar-refractivity contribution in [3.63, 3.8) is 0 Å². The number of rotatable bonds is 6. The van der Waals surface area contributed by atoms with Gasteiger partial charge in [0, 0.05) is 34.7 Å². The lowest BCUT2D eigenvalue weighted by Crippen LogP contribution is -2.37. The topological polar surface area (TPSA) is 29.3 Å². The average Bonchev–Trinajstić information content (AvgIpc) is 3.25. The van der Waals surface area contributed by atoms with Crippen LogP contribution in [0.2, 0.25) is 5.02 Å². The van der Waals surface area contributed by atoms with Gasteiger partial charge in [0.2, 0.25) is 0 Å². The molecule has 0 heterocycles. The summed E-state index contributed by atoms with van der Waals surface area (Å²) in [5.74, 6) is 0.903. The molecule has 1 aromatic carbocycles. The van der Waals surface area contributed by atoms with E-state index in [0.29, 0.717) is 12.6 Å². The van der Waals surface area contributed by atoms with Gasteiger partial charge in [0.25, 0.3) is 0 Å². The molecule has 4 heteroatoms. The standard InChI is InChI=1S/C15H20BrClN2/c16-14-7-11(17)3-6-13(14)15(8-18)19(12-4-5-12)9-10-1-2-10/h3,6-7,10,12,15H,1-2,4-5,8-9,18H2. The third kappa shape index (κ3) is 3.33. The number of nitrogens with two attached hydrogens (primary N) is 1. The Kier molecular flexibility index (Phi) is 4.18.